The fourth-order valence-corrected chi connectivity index (χ4v) is 3.64. The lowest BCUT2D eigenvalue weighted by molar-refractivity contribution is -0.332. The maximum atomic E-state index is 6.30. The second-order valence-corrected chi connectivity index (χ2v) is 6.66. The highest BCUT2D eigenvalue weighted by Gasteiger charge is 2.49. The van der Waals surface area contributed by atoms with Gasteiger partial charge in [0.25, 0.3) is 0 Å². The Bertz CT molecular complexity index is 412. The molecular weight excluding hydrogens is 388 g/mol. The van der Waals surface area contributed by atoms with Crippen molar-refractivity contribution in [2.24, 2.45) is 0 Å². The van der Waals surface area contributed by atoms with E-state index in [0.29, 0.717) is 13.2 Å². The molecule has 1 rings (SSSR count). The van der Waals surface area contributed by atoms with Crippen LogP contribution in [-0.4, -0.2) is 126 Å². The highest BCUT2D eigenvalue weighted by atomic mass is 16.7. The van der Waals surface area contributed by atoms with E-state index in [1.165, 1.54) is 0 Å². The Hall–Kier alpha value is -0.400. The fourth-order valence-electron chi connectivity index (χ4n) is 3.64. The van der Waals surface area contributed by atoms with Crippen molar-refractivity contribution < 1.29 is 47.4 Å². The SMILES string of the molecule is COC[C@H](OC)[C@H](OC)[C@H](COC)O[C@@H]1O[C@H](COC)[C@H](OC)[C@H](OC)[C@H]1OC. The second-order valence-electron chi connectivity index (χ2n) is 6.66. The van der Waals surface area contributed by atoms with E-state index in [-0.39, 0.29) is 18.8 Å². The quantitative estimate of drug-likeness (QED) is 0.359. The lowest BCUT2D eigenvalue weighted by Crippen LogP contribution is -2.62. The zero-order chi connectivity index (χ0) is 21.8. The summed E-state index contributed by atoms with van der Waals surface area (Å²) in [6.07, 6.45) is -3.89. The molecule has 0 aliphatic carbocycles. The second kappa shape index (κ2) is 14.6. The maximum absolute atomic E-state index is 6.30. The Kier molecular flexibility index (Phi) is 13.4. The Morgan fingerprint density at radius 3 is 1.69 bits per heavy atom. The van der Waals surface area contributed by atoms with Gasteiger partial charge < -0.3 is 47.4 Å². The van der Waals surface area contributed by atoms with Crippen LogP contribution in [0.15, 0.2) is 0 Å². The van der Waals surface area contributed by atoms with E-state index in [9.17, 15) is 0 Å². The van der Waals surface area contributed by atoms with Gasteiger partial charge >= 0.3 is 0 Å². The summed E-state index contributed by atoms with van der Waals surface area (Å²) < 4.78 is 56.5. The Morgan fingerprint density at radius 1 is 0.655 bits per heavy atom. The molecule has 0 amide bonds. The minimum atomic E-state index is -0.769. The van der Waals surface area contributed by atoms with Gasteiger partial charge in [-0.25, -0.2) is 0 Å². The predicted octanol–water partition coefficient (Wildman–Crippen LogP) is 0.111. The van der Waals surface area contributed by atoms with Gasteiger partial charge in [-0.05, 0) is 0 Å². The van der Waals surface area contributed by atoms with Crippen molar-refractivity contribution >= 4 is 0 Å². The predicted molar refractivity (Wildman–Crippen MR) is 103 cm³/mol. The highest BCUT2D eigenvalue weighted by molar-refractivity contribution is 4.93. The average molecular weight is 427 g/mol. The van der Waals surface area contributed by atoms with Gasteiger partial charge in [-0.2, -0.15) is 0 Å². The van der Waals surface area contributed by atoms with Gasteiger partial charge in [-0.1, -0.05) is 0 Å². The van der Waals surface area contributed by atoms with E-state index in [0.717, 1.165) is 0 Å². The molecule has 1 fully saturated rings. The molecule has 0 aromatic rings. The van der Waals surface area contributed by atoms with Crippen LogP contribution in [0.25, 0.3) is 0 Å². The normalized spacial score (nSPS) is 30.8. The molecule has 0 unspecified atom stereocenters. The molecule has 0 N–H and O–H groups in total. The third-order valence-corrected chi connectivity index (χ3v) is 5.02. The van der Waals surface area contributed by atoms with Gasteiger partial charge in [0.05, 0.1) is 19.8 Å². The third kappa shape index (κ3) is 7.06. The number of rotatable bonds is 15. The van der Waals surface area contributed by atoms with Gasteiger partial charge in [0.15, 0.2) is 6.29 Å². The van der Waals surface area contributed by atoms with Crippen molar-refractivity contribution in [2.75, 3.05) is 76.7 Å². The molecular formula is C19H38O10. The molecule has 0 saturated carbocycles. The summed E-state index contributed by atoms with van der Waals surface area (Å²) in [5.74, 6) is 0. The molecule has 0 aromatic carbocycles. The van der Waals surface area contributed by atoms with Gasteiger partial charge in [0.1, 0.15) is 42.7 Å². The number of methoxy groups -OCH3 is 8. The summed E-state index contributed by atoms with van der Waals surface area (Å²) in [6, 6.07) is 0. The molecule has 1 aliphatic heterocycles. The first-order chi connectivity index (χ1) is 14.1. The molecule has 1 heterocycles. The summed E-state index contributed by atoms with van der Waals surface area (Å²) >= 11 is 0. The van der Waals surface area contributed by atoms with Crippen LogP contribution < -0.4 is 0 Å². The molecule has 1 saturated heterocycles. The van der Waals surface area contributed by atoms with Crippen molar-refractivity contribution in [3.05, 3.63) is 0 Å². The Morgan fingerprint density at radius 2 is 1.24 bits per heavy atom. The first-order valence-electron chi connectivity index (χ1n) is 9.48. The Labute approximate surface area is 173 Å². The molecule has 0 spiro atoms. The van der Waals surface area contributed by atoms with Gasteiger partial charge in [-0.15, -0.1) is 0 Å². The third-order valence-electron chi connectivity index (χ3n) is 5.02. The monoisotopic (exact) mass is 426 g/mol. The van der Waals surface area contributed by atoms with Crippen LogP contribution in [0, 0.1) is 0 Å². The fraction of sp³-hybridized carbons (Fsp3) is 1.00. The molecule has 10 heteroatoms. The van der Waals surface area contributed by atoms with Gasteiger partial charge in [-0.3, -0.25) is 0 Å². The molecule has 0 radical (unpaired) electrons. The van der Waals surface area contributed by atoms with E-state index in [2.05, 4.69) is 0 Å². The van der Waals surface area contributed by atoms with Crippen LogP contribution in [-0.2, 0) is 47.4 Å². The maximum Gasteiger partial charge on any atom is 0.187 e. The van der Waals surface area contributed by atoms with Crippen molar-refractivity contribution in [1.82, 2.24) is 0 Å². The molecule has 29 heavy (non-hydrogen) atoms. The van der Waals surface area contributed by atoms with Crippen LogP contribution in [0.2, 0.25) is 0 Å². The van der Waals surface area contributed by atoms with Gasteiger partial charge in [0.2, 0.25) is 0 Å². The molecule has 174 valence electrons. The van der Waals surface area contributed by atoms with Crippen LogP contribution >= 0.6 is 0 Å². The van der Waals surface area contributed by atoms with Crippen LogP contribution in [0.4, 0.5) is 0 Å². The van der Waals surface area contributed by atoms with E-state index in [1.807, 2.05) is 0 Å². The number of hydrogen-bond donors (Lipinski definition) is 0. The minimum absolute atomic E-state index is 0.249. The molecule has 8 atom stereocenters. The topological polar surface area (TPSA) is 92.3 Å². The highest BCUT2D eigenvalue weighted by Crippen LogP contribution is 2.29. The molecule has 10 nitrogen and oxygen atoms in total. The summed E-state index contributed by atoms with van der Waals surface area (Å²) in [7, 11) is 12.7. The molecule has 1 aliphatic rings. The minimum Gasteiger partial charge on any atom is -0.382 e. The van der Waals surface area contributed by atoms with E-state index >= 15 is 0 Å². The summed E-state index contributed by atoms with van der Waals surface area (Å²) in [6.45, 7) is 0.886. The van der Waals surface area contributed by atoms with Crippen molar-refractivity contribution in [2.45, 2.75) is 49.0 Å². The van der Waals surface area contributed by atoms with Crippen LogP contribution in [0.1, 0.15) is 0 Å². The molecule has 0 bridgehead atoms. The Balaban J connectivity index is 3.10. The summed E-state index contributed by atoms with van der Waals surface area (Å²) in [5, 5.41) is 0. The lowest BCUT2D eigenvalue weighted by atomic mass is 9.98. The van der Waals surface area contributed by atoms with Crippen molar-refractivity contribution in [3.8, 4) is 0 Å². The zero-order valence-corrected chi connectivity index (χ0v) is 18.8. The van der Waals surface area contributed by atoms with Crippen LogP contribution in [0.3, 0.4) is 0 Å². The lowest BCUT2D eigenvalue weighted by Gasteiger charge is -2.46. The standard InChI is InChI=1S/C19H38O10/c1-20-9-12(23-4)15(24-5)13(10-21-2)28-19-18(27-8)17(26-7)16(25-6)14(29-19)11-22-3/h12-19H,9-11H2,1-8H3/t12-,13-,14+,15-,16-,17-,18+,19+/m0/s1. The average Bonchev–Trinajstić information content (AvgIpc) is 2.73. The van der Waals surface area contributed by atoms with E-state index < -0.39 is 36.8 Å². The van der Waals surface area contributed by atoms with Crippen molar-refractivity contribution in [3.63, 3.8) is 0 Å². The van der Waals surface area contributed by atoms with Gasteiger partial charge in [0, 0.05) is 56.9 Å². The van der Waals surface area contributed by atoms with E-state index in [1.54, 1.807) is 56.9 Å². The zero-order valence-electron chi connectivity index (χ0n) is 18.8. The first kappa shape index (κ1) is 26.6. The number of hydrogen-bond acceptors (Lipinski definition) is 10. The smallest absolute Gasteiger partial charge is 0.187 e. The first-order valence-corrected chi connectivity index (χ1v) is 9.48. The van der Waals surface area contributed by atoms with E-state index in [4.69, 9.17) is 47.4 Å². The largest absolute Gasteiger partial charge is 0.382 e. The van der Waals surface area contributed by atoms with Crippen molar-refractivity contribution in [1.29, 1.82) is 0 Å². The summed E-state index contributed by atoms with van der Waals surface area (Å²) in [4.78, 5) is 0. The van der Waals surface area contributed by atoms with Crippen LogP contribution in [0.5, 0.6) is 0 Å². The molecule has 0 aromatic heterocycles. The number of ether oxygens (including phenoxy) is 10. The summed E-state index contributed by atoms with van der Waals surface area (Å²) in [5.41, 5.74) is 0.